The molecule has 0 saturated heterocycles. The Hall–Kier alpha value is -1.30. The number of hydrogen-bond donors (Lipinski definition) is 1. The zero-order valence-corrected chi connectivity index (χ0v) is 16.2. The number of benzene rings is 1. The van der Waals surface area contributed by atoms with E-state index in [9.17, 15) is 4.79 Å². The SMILES string of the molecule is COCC[N+](C)(C)CCC(C)(C)NC(=O)OCc1ccccc1.[Cl-]. The van der Waals surface area contributed by atoms with Gasteiger partial charge in [-0.3, -0.25) is 0 Å². The highest BCUT2D eigenvalue weighted by Gasteiger charge is 2.25. The summed E-state index contributed by atoms with van der Waals surface area (Å²) < 4.78 is 11.3. The van der Waals surface area contributed by atoms with Gasteiger partial charge in [0.05, 0.1) is 27.2 Å². The first kappa shape index (κ1) is 22.7. The molecule has 1 aromatic rings. The van der Waals surface area contributed by atoms with Gasteiger partial charge in [-0.15, -0.1) is 0 Å². The number of carbonyl (C=O) groups excluding carboxylic acids is 1. The highest BCUT2D eigenvalue weighted by atomic mass is 35.5. The van der Waals surface area contributed by atoms with E-state index in [1.807, 2.05) is 44.2 Å². The van der Waals surface area contributed by atoms with Crippen molar-refractivity contribution in [3.05, 3.63) is 35.9 Å². The van der Waals surface area contributed by atoms with Gasteiger partial charge in [0.15, 0.2) is 0 Å². The maximum Gasteiger partial charge on any atom is 0.407 e. The van der Waals surface area contributed by atoms with E-state index in [0.29, 0.717) is 0 Å². The minimum absolute atomic E-state index is 0. The lowest BCUT2D eigenvalue weighted by Gasteiger charge is -2.34. The number of hydrogen-bond acceptors (Lipinski definition) is 3. The number of nitrogens with one attached hydrogen (secondary N) is 1. The van der Waals surface area contributed by atoms with Crippen molar-refractivity contribution in [1.29, 1.82) is 0 Å². The first-order chi connectivity index (χ1) is 10.7. The second-order valence-corrected chi connectivity index (χ2v) is 7.20. The lowest BCUT2D eigenvalue weighted by atomic mass is 10.0. The Balaban J connectivity index is 0.00000529. The van der Waals surface area contributed by atoms with Crippen LogP contribution in [0.4, 0.5) is 4.79 Å². The van der Waals surface area contributed by atoms with Crippen molar-refractivity contribution < 1.29 is 31.2 Å². The smallest absolute Gasteiger partial charge is 0.407 e. The Morgan fingerprint density at radius 2 is 1.79 bits per heavy atom. The Bertz CT molecular complexity index is 478. The number of halogens is 1. The van der Waals surface area contributed by atoms with Gasteiger partial charge in [-0.05, 0) is 19.4 Å². The number of methoxy groups -OCH3 is 1. The first-order valence-electron chi connectivity index (χ1n) is 8.04. The number of nitrogens with zero attached hydrogens (tertiary/aromatic N) is 1. The first-order valence-corrected chi connectivity index (χ1v) is 8.04. The van der Waals surface area contributed by atoms with Crippen molar-refractivity contribution in [3.8, 4) is 0 Å². The quantitative estimate of drug-likeness (QED) is 0.622. The van der Waals surface area contributed by atoms with E-state index in [2.05, 4.69) is 19.4 Å². The number of carbonyl (C=O) groups is 1. The summed E-state index contributed by atoms with van der Waals surface area (Å²) in [6.45, 7) is 6.97. The van der Waals surface area contributed by atoms with E-state index in [1.54, 1.807) is 7.11 Å². The Morgan fingerprint density at radius 1 is 1.17 bits per heavy atom. The van der Waals surface area contributed by atoms with Gasteiger partial charge in [0.1, 0.15) is 13.2 Å². The summed E-state index contributed by atoms with van der Waals surface area (Å²) in [6.07, 6.45) is 0.491. The minimum Gasteiger partial charge on any atom is -1.00 e. The molecule has 0 fully saturated rings. The number of quaternary nitrogens is 1. The summed E-state index contributed by atoms with van der Waals surface area (Å²) in [5.41, 5.74) is 0.675. The zero-order chi connectivity index (χ0) is 17.3. The van der Waals surface area contributed by atoms with Crippen molar-refractivity contribution >= 4 is 6.09 Å². The van der Waals surface area contributed by atoms with Crippen LogP contribution in [0.1, 0.15) is 25.8 Å². The Kier molecular flexibility index (Phi) is 9.97. The lowest BCUT2D eigenvalue weighted by Crippen LogP contribution is -3.00. The molecule has 0 saturated carbocycles. The van der Waals surface area contributed by atoms with Gasteiger partial charge in [-0.25, -0.2) is 4.79 Å². The number of likely N-dealkylation sites (N-methyl/N-ethyl adjacent to an activating group) is 1. The Morgan fingerprint density at radius 3 is 2.38 bits per heavy atom. The standard InChI is InChI=1S/C18H30N2O3.ClH/c1-18(2,11-12-20(3,4)13-14-22-5)19-17(21)23-15-16-9-7-6-8-10-16;/h6-10H,11-15H2,1-5H3;1H. The van der Waals surface area contributed by atoms with Crippen LogP contribution in [-0.4, -0.2) is 57.0 Å². The summed E-state index contributed by atoms with van der Waals surface area (Å²) in [5.74, 6) is 0. The molecule has 1 aromatic carbocycles. The molecule has 0 atom stereocenters. The molecule has 1 amide bonds. The number of ether oxygens (including phenoxy) is 2. The molecule has 0 bridgehead atoms. The van der Waals surface area contributed by atoms with E-state index >= 15 is 0 Å². The van der Waals surface area contributed by atoms with Crippen LogP contribution < -0.4 is 17.7 Å². The van der Waals surface area contributed by atoms with Crippen LogP contribution >= 0.6 is 0 Å². The lowest BCUT2D eigenvalue weighted by molar-refractivity contribution is -0.891. The third-order valence-electron chi connectivity index (χ3n) is 3.90. The molecule has 138 valence electrons. The molecule has 5 nitrogen and oxygen atoms in total. The van der Waals surface area contributed by atoms with Gasteiger partial charge in [0.25, 0.3) is 0 Å². The fourth-order valence-electron chi connectivity index (χ4n) is 2.13. The van der Waals surface area contributed by atoms with E-state index in [0.717, 1.165) is 36.2 Å². The van der Waals surface area contributed by atoms with E-state index < -0.39 is 0 Å². The van der Waals surface area contributed by atoms with Gasteiger partial charge in [0, 0.05) is 19.1 Å². The highest BCUT2D eigenvalue weighted by Crippen LogP contribution is 2.12. The van der Waals surface area contributed by atoms with Crippen molar-refractivity contribution in [3.63, 3.8) is 0 Å². The van der Waals surface area contributed by atoms with Crippen LogP contribution in [0.5, 0.6) is 0 Å². The van der Waals surface area contributed by atoms with Crippen molar-refractivity contribution in [1.82, 2.24) is 5.32 Å². The molecule has 6 heteroatoms. The van der Waals surface area contributed by atoms with Gasteiger partial charge >= 0.3 is 6.09 Å². The molecule has 0 aromatic heterocycles. The molecule has 0 aliphatic rings. The molecule has 1 rings (SSSR count). The molecule has 0 aliphatic carbocycles. The fourth-order valence-corrected chi connectivity index (χ4v) is 2.13. The molecule has 0 spiro atoms. The maximum absolute atomic E-state index is 12.0. The normalized spacial score (nSPS) is 11.5. The number of amides is 1. The summed E-state index contributed by atoms with van der Waals surface area (Å²) >= 11 is 0. The van der Waals surface area contributed by atoms with E-state index in [4.69, 9.17) is 9.47 Å². The van der Waals surface area contributed by atoms with Gasteiger partial charge in [-0.1, -0.05) is 30.3 Å². The van der Waals surface area contributed by atoms with Crippen LogP contribution in [0.25, 0.3) is 0 Å². The maximum atomic E-state index is 12.0. The minimum atomic E-state index is -0.374. The third kappa shape index (κ3) is 9.75. The van der Waals surface area contributed by atoms with Gasteiger partial charge in [0.2, 0.25) is 0 Å². The van der Waals surface area contributed by atoms with Crippen molar-refractivity contribution in [2.75, 3.05) is 40.9 Å². The monoisotopic (exact) mass is 358 g/mol. The van der Waals surface area contributed by atoms with Crippen LogP contribution in [-0.2, 0) is 16.1 Å². The van der Waals surface area contributed by atoms with E-state index in [1.165, 1.54) is 0 Å². The largest absolute Gasteiger partial charge is 1.00 e. The Labute approximate surface area is 152 Å². The molecular formula is C18H31ClN2O3. The summed E-state index contributed by atoms with van der Waals surface area (Å²) in [4.78, 5) is 12.0. The molecular weight excluding hydrogens is 328 g/mol. The molecule has 1 N–H and O–H groups in total. The average molecular weight is 359 g/mol. The molecule has 24 heavy (non-hydrogen) atoms. The average Bonchev–Trinajstić information content (AvgIpc) is 2.50. The molecule has 0 aliphatic heterocycles. The van der Waals surface area contributed by atoms with Crippen LogP contribution in [0.3, 0.4) is 0 Å². The van der Waals surface area contributed by atoms with Crippen molar-refractivity contribution in [2.45, 2.75) is 32.4 Å². The predicted molar refractivity (Wildman–Crippen MR) is 92.2 cm³/mol. The fraction of sp³-hybridized carbons (Fsp3) is 0.611. The number of rotatable bonds is 9. The summed E-state index contributed by atoms with van der Waals surface area (Å²) in [6, 6.07) is 9.68. The van der Waals surface area contributed by atoms with Crippen LogP contribution in [0.15, 0.2) is 30.3 Å². The summed E-state index contributed by atoms with van der Waals surface area (Å²) in [7, 11) is 6.06. The molecule has 0 radical (unpaired) electrons. The second kappa shape index (κ2) is 10.5. The van der Waals surface area contributed by atoms with Gasteiger partial charge in [-0.2, -0.15) is 0 Å². The molecule has 0 unspecified atom stereocenters. The molecule has 0 heterocycles. The van der Waals surface area contributed by atoms with Crippen LogP contribution in [0, 0.1) is 0 Å². The summed E-state index contributed by atoms with van der Waals surface area (Å²) in [5, 5.41) is 2.95. The highest BCUT2D eigenvalue weighted by molar-refractivity contribution is 5.68. The number of alkyl carbamates (subject to hydrolysis) is 1. The van der Waals surface area contributed by atoms with Crippen molar-refractivity contribution in [2.24, 2.45) is 0 Å². The topological polar surface area (TPSA) is 47.6 Å². The van der Waals surface area contributed by atoms with Crippen LogP contribution in [0.2, 0.25) is 0 Å². The zero-order valence-electron chi connectivity index (χ0n) is 15.5. The van der Waals surface area contributed by atoms with Gasteiger partial charge < -0.3 is 31.7 Å². The second-order valence-electron chi connectivity index (χ2n) is 7.20. The third-order valence-corrected chi connectivity index (χ3v) is 3.90. The van der Waals surface area contributed by atoms with E-state index in [-0.39, 0.29) is 30.6 Å². The predicted octanol–water partition coefficient (Wildman–Crippen LogP) is -0.192.